The summed E-state index contributed by atoms with van der Waals surface area (Å²) in [6.45, 7) is 2.81. The molecule has 3 rings (SSSR count). The third-order valence-electron chi connectivity index (χ3n) is 4.25. The zero-order valence-electron chi connectivity index (χ0n) is 16.4. The van der Waals surface area contributed by atoms with Gasteiger partial charge in [-0.3, -0.25) is 9.78 Å². The number of hydrogen-bond donors (Lipinski definition) is 3. The summed E-state index contributed by atoms with van der Waals surface area (Å²) in [5.41, 5.74) is 3.34. The molecule has 0 atom stereocenters. The van der Waals surface area contributed by atoms with Gasteiger partial charge in [0.1, 0.15) is 11.9 Å². The van der Waals surface area contributed by atoms with E-state index in [0.717, 1.165) is 17.8 Å². The Morgan fingerprint density at radius 1 is 1.17 bits per heavy atom. The number of halogens is 1. The minimum absolute atomic E-state index is 0.0908. The lowest BCUT2D eigenvalue weighted by atomic mass is 10.0. The number of nitriles is 1. The minimum atomic E-state index is -0.189. The van der Waals surface area contributed by atoms with Crippen molar-refractivity contribution in [3.05, 3.63) is 76.7 Å². The van der Waals surface area contributed by atoms with Crippen molar-refractivity contribution in [2.75, 3.05) is 29.0 Å². The Balaban J connectivity index is 1.70. The fourth-order valence-corrected chi connectivity index (χ4v) is 3.03. The third-order valence-corrected chi connectivity index (χ3v) is 4.62. The summed E-state index contributed by atoms with van der Waals surface area (Å²) in [6, 6.07) is 14.7. The van der Waals surface area contributed by atoms with Gasteiger partial charge >= 0.3 is 0 Å². The number of pyridine rings is 2. The molecule has 1 amide bonds. The van der Waals surface area contributed by atoms with E-state index >= 15 is 0 Å². The first-order valence-corrected chi connectivity index (χ1v) is 9.83. The molecule has 152 valence electrons. The maximum Gasteiger partial charge on any atom is 0.243 e. The van der Waals surface area contributed by atoms with Crippen LogP contribution in [0.2, 0.25) is 5.02 Å². The molecule has 3 aromatic rings. The molecule has 3 N–H and O–H groups in total. The SMILES string of the molecule is CCNc1ccc(C#N)c(Cc2cc(NCC(=O)Nc3cccnc3)ccc2Cl)n1. The number of rotatable bonds is 8. The highest BCUT2D eigenvalue weighted by Gasteiger charge is 2.11. The number of carbonyl (C=O) groups is 1. The minimum Gasteiger partial charge on any atom is -0.376 e. The maximum absolute atomic E-state index is 12.1. The van der Waals surface area contributed by atoms with Gasteiger partial charge in [-0.25, -0.2) is 4.98 Å². The van der Waals surface area contributed by atoms with E-state index in [1.807, 2.05) is 13.0 Å². The van der Waals surface area contributed by atoms with Crippen molar-refractivity contribution in [2.45, 2.75) is 13.3 Å². The van der Waals surface area contributed by atoms with Crippen LogP contribution in [0.3, 0.4) is 0 Å². The van der Waals surface area contributed by atoms with Crippen LogP contribution in [0, 0.1) is 11.3 Å². The highest BCUT2D eigenvalue weighted by molar-refractivity contribution is 6.31. The Labute approximate surface area is 180 Å². The van der Waals surface area contributed by atoms with E-state index in [1.54, 1.807) is 48.8 Å². The molecule has 0 fully saturated rings. The number of carbonyl (C=O) groups excluding carboxylic acids is 1. The van der Waals surface area contributed by atoms with E-state index < -0.39 is 0 Å². The summed E-state index contributed by atoms with van der Waals surface area (Å²) < 4.78 is 0. The van der Waals surface area contributed by atoms with Crippen molar-refractivity contribution in [1.29, 1.82) is 5.26 Å². The molecule has 0 spiro atoms. The summed E-state index contributed by atoms with van der Waals surface area (Å²) in [5.74, 6) is 0.523. The zero-order chi connectivity index (χ0) is 21.3. The van der Waals surface area contributed by atoms with Gasteiger partial charge in [0.05, 0.1) is 29.7 Å². The second-order valence-electron chi connectivity index (χ2n) is 6.46. The molecule has 1 aromatic carbocycles. The van der Waals surface area contributed by atoms with Crippen molar-refractivity contribution < 1.29 is 4.79 Å². The fraction of sp³-hybridized carbons (Fsp3) is 0.182. The number of hydrogen-bond acceptors (Lipinski definition) is 6. The van der Waals surface area contributed by atoms with Gasteiger partial charge in [-0.15, -0.1) is 0 Å². The Morgan fingerprint density at radius 2 is 2.03 bits per heavy atom. The lowest BCUT2D eigenvalue weighted by molar-refractivity contribution is -0.114. The highest BCUT2D eigenvalue weighted by atomic mass is 35.5. The summed E-state index contributed by atoms with van der Waals surface area (Å²) in [4.78, 5) is 20.6. The summed E-state index contributed by atoms with van der Waals surface area (Å²) in [5, 5.41) is 19.0. The summed E-state index contributed by atoms with van der Waals surface area (Å²) in [7, 11) is 0. The van der Waals surface area contributed by atoms with Crippen LogP contribution in [0.4, 0.5) is 17.2 Å². The molecule has 0 saturated carbocycles. The van der Waals surface area contributed by atoms with Gasteiger partial charge in [0.25, 0.3) is 0 Å². The van der Waals surface area contributed by atoms with Crippen molar-refractivity contribution >= 4 is 34.7 Å². The molecule has 8 heteroatoms. The normalized spacial score (nSPS) is 10.2. The van der Waals surface area contributed by atoms with Gasteiger partial charge in [0.2, 0.25) is 5.91 Å². The average Bonchev–Trinajstić information content (AvgIpc) is 2.75. The first kappa shape index (κ1) is 21.1. The number of nitrogens with one attached hydrogen (secondary N) is 3. The quantitative estimate of drug-likeness (QED) is 0.507. The second-order valence-corrected chi connectivity index (χ2v) is 6.87. The van der Waals surface area contributed by atoms with Crippen molar-refractivity contribution in [3.8, 4) is 6.07 Å². The molecule has 30 heavy (non-hydrogen) atoms. The maximum atomic E-state index is 12.1. The van der Waals surface area contributed by atoms with E-state index in [4.69, 9.17) is 11.6 Å². The van der Waals surface area contributed by atoms with Crippen LogP contribution in [0.15, 0.2) is 54.9 Å². The molecule has 0 unspecified atom stereocenters. The molecule has 0 aliphatic heterocycles. The van der Waals surface area contributed by atoms with Gasteiger partial charge in [-0.2, -0.15) is 5.26 Å². The van der Waals surface area contributed by atoms with Crippen molar-refractivity contribution in [3.63, 3.8) is 0 Å². The summed E-state index contributed by atoms with van der Waals surface area (Å²) >= 11 is 6.37. The van der Waals surface area contributed by atoms with Gasteiger partial charge in [0.15, 0.2) is 0 Å². The predicted octanol–water partition coefficient (Wildman–Crippen LogP) is 4.07. The van der Waals surface area contributed by atoms with E-state index in [0.29, 0.717) is 34.2 Å². The van der Waals surface area contributed by atoms with E-state index in [1.165, 1.54) is 0 Å². The lowest BCUT2D eigenvalue weighted by Crippen LogP contribution is -2.21. The third kappa shape index (κ3) is 5.69. The first-order chi connectivity index (χ1) is 14.6. The Morgan fingerprint density at radius 3 is 2.77 bits per heavy atom. The molecule has 7 nitrogen and oxygen atoms in total. The second kappa shape index (κ2) is 10.2. The van der Waals surface area contributed by atoms with E-state index in [-0.39, 0.29) is 12.5 Å². The Kier molecular flexibility index (Phi) is 7.19. The van der Waals surface area contributed by atoms with Crippen LogP contribution in [-0.4, -0.2) is 29.0 Å². The number of benzene rings is 1. The summed E-state index contributed by atoms with van der Waals surface area (Å²) in [6.07, 6.45) is 3.63. The molecular weight excluding hydrogens is 400 g/mol. The first-order valence-electron chi connectivity index (χ1n) is 9.45. The topological polar surface area (TPSA) is 103 Å². The predicted molar refractivity (Wildman–Crippen MR) is 119 cm³/mol. The number of amides is 1. The molecule has 0 bridgehead atoms. The molecule has 0 saturated heterocycles. The van der Waals surface area contributed by atoms with Crippen molar-refractivity contribution in [2.24, 2.45) is 0 Å². The smallest absolute Gasteiger partial charge is 0.243 e. The largest absolute Gasteiger partial charge is 0.376 e. The van der Waals surface area contributed by atoms with E-state index in [2.05, 4.69) is 32.0 Å². The van der Waals surface area contributed by atoms with Crippen LogP contribution in [-0.2, 0) is 11.2 Å². The molecule has 0 radical (unpaired) electrons. The number of anilines is 3. The van der Waals surface area contributed by atoms with Crippen LogP contribution in [0.5, 0.6) is 0 Å². The average molecular weight is 421 g/mol. The van der Waals surface area contributed by atoms with Crippen LogP contribution in [0.1, 0.15) is 23.7 Å². The molecule has 2 heterocycles. The molecule has 2 aromatic heterocycles. The molecule has 0 aliphatic rings. The van der Waals surface area contributed by atoms with Gasteiger partial charge in [-0.1, -0.05) is 11.6 Å². The number of aromatic nitrogens is 2. The lowest BCUT2D eigenvalue weighted by Gasteiger charge is -2.12. The van der Waals surface area contributed by atoms with Gasteiger partial charge < -0.3 is 16.0 Å². The van der Waals surface area contributed by atoms with Gasteiger partial charge in [0, 0.05) is 29.9 Å². The highest BCUT2D eigenvalue weighted by Crippen LogP contribution is 2.24. The van der Waals surface area contributed by atoms with Gasteiger partial charge in [-0.05, 0) is 55.0 Å². The standard InChI is InChI=1S/C22H21ClN6O/c1-2-26-21-8-5-15(12-24)20(29-21)11-16-10-17(6-7-19(16)23)27-14-22(30)28-18-4-3-9-25-13-18/h3-10,13,27H,2,11,14H2,1H3,(H,26,29)(H,28,30). The molecule has 0 aliphatic carbocycles. The Bertz CT molecular complexity index is 1060. The number of nitrogens with zero attached hydrogens (tertiary/aromatic N) is 3. The fourth-order valence-electron chi connectivity index (χ4n) is 2.84. The monoisotopic (exact) mass is 420 g/mol. The van der Waals surface area contributed by atoms with Crippen molar-refractivity contribution in [1.82, 2.24) is 9.97 Å². The van der Waals surface area contributed by atoms with Crippen LogP contribution >= 0.6 is 11.6 Å². The molecular formula is C22H21ClN6O. The van der Waals surface area contributed by atoms with Crippen LogP contribution < -0.4 is 16.0 Å². The van der Waals surface area contributed by atoms with E-state index in [9.17, 15) is 10.1 Å². The van der Waals surface area contributed by atoms with Crippen LogP contribution in [0.25, 0.3) is 0 Å². The Hall–Kier alpha value is -3.63. The zero-order valence-corrected chi connectivity index (χ0v) is 17.2.